The average molecular weight is 487 g/mol. The van der Waals surface area contributed by atoms with Crippen molar-refractivity contribution in [3.63, 3.8) is 0 Å². The van der Waals surface area contributed by atoms with Crippen LogP contribution in [0.4, 0.5) is 4.39 Å². The number of hydrazine groups is 1. The second-order valence-corrected chi connectivity index (χ2v) is 9.22. The maximum atomic E-state index is 13.5. The molecular weight excluding hydrogens is 470 g/mol. The van der Waals surface area contributed by atoms with Crippen LogP contribution in [0.15, 0.2) is 54.6 Å². The average Bonchev–Trinajstić information content (AvgIpc) is 3.48. The number of hydrogen-bond donors (Lipinski definition) is 0. The zero-order valence-electron chi connectivity index (χ0n) is 17.1. The Morgan fingerprint density at radius 2 is 1.48 bits per heavy atom. The lowest BCUT2D eigenvalue weighted by Crippen LogP contribution is -2.52. The molecular formula is C24H17Cl2FN2O4. The van der Waals surface area contributed by atoms with Crippen molar-refractivity contribution in [2.75, 3.05) is 6.54 Å². The van der Waals surface area contributed by atoms with E-state index in [9.17, 15) is 23.6 Å². The van der Waals surface area contributed by atoms with Crippen molar-refractivity contribution in [1.82, 2.24) is 10.0 Å². The number of imide groups is 1. The van der Waals surface area contributed by atoms with E-state index in [1.807, 2.05) is 12.2 Å². The molecule has 2 aromatic rings. The molecule has 5 rings (SSSR count). The molecule has 0 N–H and O–H groups in total. The third-order valence-electron chi connectivity index (χ3n) is 6.55. The summed E-state index contributed by atoms with van der Waals surface area (Å²) in [5.74, 6) is -4.02. The van der Waals surface area contributed by atoms with Crippen molar-refractivity contribution in [2.24, 2.45) is 23.7 Å². The van der Waals surface area contributed by atoms with Crippen molar-refractivity contribution in [3.8, 4) is 0 Å². The summed E-state index contributed by atoms with van der Waals surface area (Å²) in [6, 6.07) is 8.96. The number of halogens is 3. The van der Waals surface area contributed by atoms with E-state index in [1.165, 1.54) is 30.3 Å². The number of ketones is 1. The van der Waals surface area contributed by atoms with Crippen LogP contribution in [0.2, 0.25) is 10.0 Å². The zero-order valence-corrected chi connectivity index (χ0v) is 18.6. The van der Waals surface area contributed by atoms with Crippen molar-refractivity contribution in [1.29, 1.82) is 0 Å². The minimum atomic E-state index is -0.744. The van der Waals surface area contributed by atoms with Gasteiger partial charge in [-0.25, -0.2) is 9.40 Å². The standard InChI is InChI=1S/C24H17Cl2FN2O4/c25-17-8-5-15(10-18(17)26)22(31)28(11-19(30)12-3-6-16(27)7-4-12)29-23(32)20-13-1-2-14(9-13)21(20)24(29)33/h1-8,10,13-14,20-21H,9,11H2/t13-,14+,20-,21+. The molecule has 2 fully saturated rings. The molecule has 2 bridgehead atoms. The predicted molar refractivity (Wildman–Crippen MR) is 118 cm³/mol. The molecule has 0 aromatic heterocycles. The number of rotatable bonds is 5. The molecule has 0 unspecified atom stereocenters. The largest absolute Gasteiger partial charge is 0.292 e. The van der Waals surface area contributed by atoms with Gasteiger partial charge in [-0.1, -0.05) is 35.4 Å². The molecule has 2 aliphatic carbocycles. The summed E-state index contributed by atoms with van der Waals surface area (Å²) in [6.45, 7) is -0.579. The highest BCUT2D eigenvalue weighted by Gasteiger charge is 2.61. The molecule has 168 valence electrons. The van der Waals surface area contributed by atoms with Gasteiger partial charge in [0.15, 0.2) is 5.78 Å². The van der Waals surface area contributed by atoms with Crippen LogP contribution >= 0.6 is 23.2 Å². The van der Waals surface area contributed by atoms with Crippen molar-refractivity contribution in [3.05, 3.63) is 81.6 Å². The number of nitrogens with zero attached hydrogens (tertiary/aromatic N) is 2. The fourth-order valence-electron chi connectivity index (χ4n) is 5.00. The van der Waals surface area contributed by atoms with Crippen molar-refractivity contribution < 1.29 is 23.6 Å². The van der Waals surface area contributed by atoms with Gasteiger partial charge in [-0.15, -0.1) is 0 Å². The van der Waals surface area contributed by atoms with Gasteiger partial charge in [-0.3, -0.25) is 19.2 Å². The van der Waals surface area contributed by atoms with Gasteiger partial charge in [0.25, 0.3) is 17.7 Å². The van der Waals surface area contributed by atoms with Crippen LogP contribution in [0.5, 0.6) is 0 Å². The molecule has 3 amide bonds. The van der Waals surface area contributed by atoms with E-state index >= 15 is 0 Å². The lowest BCUT2D eigenvalue weighted by Gasteiger charge is -2.31. The molecule has 2 aromatic carbocycles. The maximum absolute atomic E-state index is 13.5. The van der Waals surface area contributed by atoms with Crippen LogP contribution < -0.4 is 0 Å². The number of carbonyl (C=O) groups excluding carboxylic acids is 4. The van der Waals surface area contributed by atoms with E-state index in [1.54, 1.807) is 0 Å². The zero-order chi connectivity index (χ0) is 23.4. The second-order valence-electron chi connectivity index (χ2n) is 8.41. The van der Waals surface area contributed by atoms with Crippen LogP contribution in [-0.2, 0) is 9.59 Å². The first-order valence-electron chi connectivity index (χ1n) is 10.4. The van der Waals surface area contributed by atoms with Crippen molar-refractivity contribution >= 4 is 46.7 Å². The minimum absolute atomic E-state index is 0.0591. The number of amides is 3. The van der Waals surface area contributed by atoms with Gasteiger partial charge in [0.2, 0.25) is 0 Å². The Kier molecular flexibility index (Phi) is 5.34. The Morgan fingerprint density at radius 3 is 2.06 bits per heavy atom. The maximum Gasteiger partial charge on any atom is 0.273 e. The summed E-state index contributed by atoms with van der Waals surface area (Å²) in [7, 11) is 0. The summed E-state index contributed by atoms with van der Waals surface area (Å²) in [4.78, 5) is 53.0. The molecule has 3 aliphatic rings. The van der Waals surface area contributed by atoms with E-state index < -0.39 is 47.7 Å². The minimum Gasteiger partial charge on any atom is -0.292 e. The van der Waals surface area contributed by atoms with E-state index in [2.05, 4.69) is 0 Å². The smallest absolute Gasteiger partial charge is 0.273 e. The summed E-state index contributed by atoms with van der Waals surface area (Å²) in [5.41, 5.74) is 0.208. The molecule has 0 spiro atoms. The molecule has 33 heavy (non-hydrogen) atoms. The van der Waals surface area contributed by atoms with E-state index in [-0.39, 0.29) is 33.0 Å². The fraction of sp³-hybridized carbons (Fsp3) is 0.250. The topological polar surface area (TPSA) is 74.8 Å². The molecule has 1 saturated carbocycles. The SMILES string of the molecule is O=C(CN(C(=O)c1ccc(Cl)c(Cl)c1)N1C(=O)[C@@H]2[C@H](C1=O)[C@@H]1C=C[C@H]2C1)c1ccc(F)cc1. The quantitative estimate of drug-likeness (QED) is 0.361. The number of benzene rings is 2. The van der Waals surface area contributed by atoms with Crippen molar-refractivity contribution in [2.45, 2.75) is 6.42 Å². The van der Waals surface area contributed by atoms with Crippen LogP contribution in [0.3, 0.4) is 0 Å². The fourth-order valence-corrected chi connectivity index (χ4v) is 5.30. The molecule has 1 aliphatic heterocycles. The van der Waals surface area contributed by atoms with Gasteiger partial charge in [0.05, 0.1) is 21.9 Å². The predicted octanol–water partition coefficient (Wildman–Crippen LogP) is 4.18. The van der Waals surface area contributed by atoms with E-state index in [0.717, 1.165) is 28.6 Å². The first kappa shape index (κ1) is 21.8. The van der Waals surface area contributed by atoms with Gasteiger partial charge < -0.3 is 0 Å². The summed E-state index contributed by atoms with van der Waals surface area (Å²) in [6.07, 6.45) is 4.61. The van der Waals surface area contributed by atoms with Gasteiger partial charge >= 0.3 is 0 Å². The Balaban J connectivity index is 1.51. The van der Waals surface area contributed by atoms with Crippen LogP contribution in [0.1, 0.15) is 27.1 Å². The first-order chi connectivity index (χ1) is 15.8. The number of Topliss-reactive ketones (excluding diaryl/α,β-unsaturated/α-hetero) is 1. The van der Waals surface area contributed by atoms with Gasteiger partial charge in [0, 0.05) is 11.1 Å². The Hall–Kier alpha value is -3.03. The van der Waals surface area contributed by atoms with E-state index in [0.29, 0.717) is 0 Å². The van der Waals surface area contributed by atoms with Gasteiger partial charge in [-0.05, 0) is 60.7 Å². The summed E-state index contributed by atoms with van der Waals surface area (Å²) >= 11 is 12.0. The Labute approximate surface area is 198 Å². The molecule has 9 heteroatoms. The second kappa shape index (κ2) is 8.08. The summed E-state index contributed by atoms with van der Waals surface area (Å²) in [5, 5.41) is 2.03. The van der Waals surface area contributed by atoms with Gasteiger partial charge in [-0.2, -0.15) is 5.01 Å². The Morgan fingerprint density at radius 1 is 0.909 bits per heavy atom. The summed E-state index contributed by atoms with van der Waals surface area (Å²) < 4.78 is 13.3. The third-order valence-corrected chi connectivity index (χ3v) is 7.29. The molecule has 1 saturated heterocycles. The number of fused-ring (bicyclic) bond motifs is 5. The van der Waals surface area contributed by atoms with Gasteiger partial charge in [0.1, 0.15) is 12.4 Å². The number of carbonyl (C=O) groups is 4. The Bertz CT molecular complexity index is 1200. The highest BCUT2D eigenvalue weighted by atomic mass is 35.5. The highest BCUT2D eigenvalue weighted by Crippen LogP contribution is 2.52. The van der Waals surface area contributed by atoms with Crippen LogP contribution in [0, 0.1) is 29.5 Å². The molecule has 4 atom stereocenters. The lowest BCUT2D eigenvalue weighted by molar-refractivity contribution is -0.154. The van der Waals surface area contributed by atoms with Crippen LogP contribution in [0.25, 0.3) is 0 Å². The van der Waals surface area contributed by atoms with E-state index in [4.69, 9.17) is 23.2 Å². The van der Waals surface area contributed by atoms with Crippen LogP contribution in [-0.4, -0.2) is 40.1 Å². The lowest BCUT2D eigenvalue weighted by atomic mass is 9.85. The highest BCUT2D eigenvalue weighted by molar-refractivity contribution is 6.42. The first-order valence-corrected chi connectivity index (χ1v) is 11.1. The normalized spacial score (nSPS) is 25.0. The molecule has 6 nitrogen and oxygen atoms in total. The third kappa shape index (κ3) is 3.56. The monoisotopic (exact) mass is 486 g/mol. The number of allylic oxidation sites excluding steroid dienone is 2. The molecule has 1 heterocycles. The molecule has 0 radical (unpaired) electrons. The number of hydrogen-bond acceptors (Lipinski definition) is 4.